The van der Waals surface area contributed by atoms with Crippen LogP contribution in [0, 0.1) is 0 Å². The largest absolute Gasteiger partial charge is 0.364 e. The first-order valence-electron chi connectivity index (χ1n) is 9.53. The number of rotatable bonds is 6. The minimum absolute atomic E-state index is 0.140. The molecule has 31 heavy (non-hydrogen) atoms. The molecule has 4 aromatic heterocycles. The number of anilines is 4. The zero-order valence-corrected chi connectivity index (χ0v) is 17.0. The van der Waals surface area contributed by atoms with Crippen LogP contribution in [0.2, 0.25) is 0 Å². The van der Waals surface area contributed by atoms with Crippen molar-refractivity contribution in [3.05, 3.63) is 41.7 Å². The SMILES string of the molecule is NC(=O)c1cc(Nc2nc(N3CCCC3C(=O)Nc3nccs3)nc3cccn23)n[nH]1. The van der Waals surface area contributed by atoms with E-state index in [1.165, 1.54) is 17.4 Å². The van der Waals surface area contributed by atoms with Crippen molar-refractivity contribution in [2.24, 2.45) is 5.73 Å². The average Bonchev–Trinajstić information content (AvgIpc) is 3.53. The van der Waals surface area contributed by atoms with E-state index in [1.807, 2.05) is 22.4 Å². The molecule has 1 aliphatic heterocycles. The Morgan fingerprint density at radius 3 is 3.00 bits per heavy atom. The summed E-state index contributed by atoms with van der Waals surface area (Å²) in [6.45, 7) is 0.653. The topological polar surface area (TPSA) is 159 Å². The fourth-order valence-corrected chi connectivity index (χ4v) is 4.05. The van der Waals surface area contributed by atoms with Gasteiger partial charge in [-0.05, 0) is 25.0 Å². The standard InChI is InChI=1S/C18H18N10O2S/c19-14(29)10-9-12(26-25-10)21-16-24-17(22-13-4-2-7-28(13)16)27-6-1-3-11(27)15(30)23-18-20-5-8-31-18/h2,4-5,7-9,11H,1,3,6H2,(H2,19,29)(H,20,23,30)(H2,21,22,24,25,26). The van der Waals surface area contributed by atoms with Crippen LogP contribution < -0.4 is 21.3 Å². The molecule has 0 radical (unpaired) electrons. The predicted molar refractivity (Wildman–Crippen MR) is 114 cm³/mol. The molecule has 5 N–H and O–H groups in total. The summed E-state index contributed by atoms with van der Waals surface area (Å²) < 4.78 is 1.75. The molecular formula is C18H18N10O2S. The maximum Gasteiger partial charge on any atom is 0.266 e. The molecule has 2 amide bonds. The second-order valence-corrected chi connectivity index (χ2v) is 7.81. The number of hydrogen-bond donors (Lipinski definition) is 4. The lowest BCUT2D eigenvalue weighted by molar-refractivity contribution is -0.117. The third-order valence-electron chi connectivity index (χ3n) is 4.93. The Kier molecular flexibility index (Phi) is 4.71. The molecule has 1 unspecified atom stereocenters. The van der Waals surface area contributed by atoms with Crippen molar-refractivity contribution < 1.29 is 9.59 Å². The molecule has 158 valence electrons. The van der Waals surface area contributed by atoms with E-state index >= 15 is 0 Å². The van der Waals surface area contributed by atoms with Crippen molar-refractivity contribution in [3.63, 3.8) is 0 Å². The summed E-state index contributed by atoms with van der Waals surface area (Å²) in [5.74, 6) is 0.503. The number of thiazole rings is 1. The number of H-pyrrole nitrogens is 1. The number of nitrogens with zero attached hydrogens (tertiary/aromatic N) is 6. The summed E-state index contributed by atoms with van der Waals surface area (Å²) in [6.07, 6.45) is 4.99. The highest BCUT2D eigenvalue weighted by atomic mass is 32.1. The predicted octanol–water partition coefficient (Wildman–Crippen LogP) is 1.36. The first kappa shape index (κ1) is 19.0. The van der Waals surface area contributed by atoms with Crippen LogP contribution in [0.5, 0.6) is 0 Å². The van der Waals surface area contributed by atoms with Gasteiger partial charge in [0.15, 0.2) is 10.9 Å². The molecule has 5 rings (SSSR count). The van der Waals surface area contributed by atoms with Gasteiger partial charge in [0.2, 0.25) is 17.8 Å². The van der Waals surface area contributed by atoms with E-state index < -0.39 is 11.9 Å². The summed E-state index contributed by atoms with van der Waals surface area (Å²) in [4.78, 5) is 39.4. The molecule has 0 aromatic carbocycles. The van der Waals surface area contributed by atoms with Gasteiger partial charge in [0, 0.05) is 30.4 Å². The van der Waals surface area contributed by atoms with Crippen molar-refractivity contribution in [2.45, 2.75) is 18.9 Å². The van der Waals surface area contributed by atoms with Crippen LogP contribution in [0.3, 0.4) is 0 Å². The van der Waals surface area contributed by atoms with Gasteiger partial charge in [0.05, 0.1) is 0 Å². The van der Waals surface area contributed by atoms with Crippen LogP contribution in [0.15, 0.2) is 36.0 Å². The Hall–Kier alpha value is -4.00. The molecular weight excluding hydrogens is 420 g/mol. The van der Waals surface area contributed by atoms with Crippen LogP contribution in [-0.4, -0.2) is 54.0 Å². The summed E-state index contributed by atoms with van der Waals surface area (Å²) in [7, 11) is 0. The molecule has 4 aromatic rings. The Balaban J connectivity index is 1.45. The van der Waals surface area contributed by atoms with Crippen molar-refractivity contribution >= 4 is 51.6 Å². The smallest absolute Gasteiger partial charge is 0.266 e. The van der Waals surface area contributed by atoms with Gasteiger partial charge in [-0.3, -0.25) is 19.1 Å². The first-order valence-corrected chi connectivity index (χ1v) is 10.4. The van der Waals surface area contributed by atoms with Gasteiger partial charge in [0.25, 0.3) is 5.91 Å². The highest BCUT2D eigenvalue weighted by Crippen LogP contribution is 2.27. The lowest BCUT2D eigenvalue weighted by Gasteiger charge is -2.24. The highest BCUT2D eigenvalue weighted by molar-refractivity contribution is 7.13. The number of hydrogen-bond acceptors (Lipinski definition) is 9. The van der Waals surface area contributed by atoms with Gasteiger partial charge in [-0.25, -0.2) is 4.98 Å². The summed E-state index contributed by atoms with van der Waals surface area (Å²) in [5, 5.41) is 14.9. The summed E-state index contributed by atoms with van der Waals surface area (Å²) in [5.41, 5.74) is 6.11. The first-order chi connectivity index (χ1) is 15.1. The quantitative estimate of drug-likeness (QED) is 0.351. The Bertz CT molecular complexity index is 1250. The van der Waals surface area contributed by atoms with Crippen molar-refractivity contribution in [2.75, 3.05) is 22.1 Å². The number of aromatic nitrogens is 6. The minimum atomic E-state index is -0.610. The Morgan fingerprint density at radius 1 is 1.32 bits per heavy atom. The van der Waals surface area contributed by atoms with Crippen molar-refractivity contribution in [3.8, 4) is 0 Å². The van der Waals surface area contributed by atoms with E-state index in [9.17, 15) is 9.59 Å². The van der Waals surface area contributed by atoms with Crippen LogP contribution in [0.1, 0.15) is 23.3 Å². The summed E-state index contributed by atoms with van der Waals surface area (Å²) in [6, 6.07) is 4.78. The summed E-state index contributed by atoms with van der Waals surface area (Å²) >= 11 is 1.37. The van der Waals surface area contributed by atoms with Gasteiger partial charge in [-0.15, -0.1) is 11.3 Å². The van der Waals surface area contributed by atoms with E-state index in [1.54, 1.807) is 16.8 Å². The maximum absolute atomic E-state index is 12.8. The van der Waals surface area contributed by atoms with Crippen molar-refractivity contribution in [1.82, 2.24) is 29.5 Å². The van der Waals surface area contributed by atoms with Gasteiger partial charge in [-0.1, -0.05) is 0 Å². The van der Waals surface area contributed by atoms with Gasteiger partial charge < -0.3 is 21.3 Å². The number of amides is 2. The molecule has 1 aliphatic rings. The maximum atomic E-state index is 12.8. The van der Waals surface area contributed by atoms with E-state index in [4.69, 9.17) is 5.73 Å². The minimum Gasteiger partial charge on any atom is -0.364 e. The number of fused-ring (bicyclic) bond motifs is 1. The monoisotopic (exact) mass is 438 g/mol. The average molecular weight is 438 g/mol. The highest BCUT2D eigenvalue weighted by Gasteiger charge is 2.33. The molecule has 12 nitrogen and oxygen atoms in total. The number of carbonyl (C=O) groups is 2. The zero-order chi connectivity index (χ0) is 21.4. The second kappa shape index (κ2) is 7.68. The van der Waals surface area contributed by atoms with Crippen LogP contribution in [0.4, 0.5) is 22.8 Å². The molecule has 1 saturated heterocycles. The van der Waals surface area contributed by atoms with E-state index in [-0.39, 0.29) is 11.6 Å². The molecule has 0 spiro atoms. The molecule has 0 saturated carbocycles. The van der Waals surface area contributed by atoms with Crippen LogP contribution >= 0.6 is 11.3 Å². The molecule has 0 aliphatic carbocycles. The third-order valence-corrected chi connectivity index (χ3v) is 5.62. The van der Waals surface area contributed by atoms with E-state index in [2.05, 4.69) is 35.8 Å². The fraction of sp³-hybridized carbons (Fsp3) is 0.222. The van der Waals surface area contributed by atoms with E-state index in [0.717, 1.165) is 6.42 Å². The van der Waals surface area contributed by atoms with Gasteiger partial charge in [0.1, 0.15) is 17.4 Å². The zero-order valence-electron chi connectivity index (χ0n) is 16.1. The second-order valence-electron chi connectivity index (χ2n) is 6.92. The number of nitrogens with two attached hydrogens (primary N) is 1. The fourth-order valence-electron chi connectivity index (χ4n) is 3.51. The van der Waals surface area contributed by atoms with Gasteiger partial charge in [-0.2, -0.15) is 15.1 Å². The lowest BCUT2D eigenvalue weighted by atomic mass is 10.2. The lowest BCUT2D eigenvalue weighted by Crippen LogP contribution is -2.40. The molecule has 13 heteroatoms. The molecule has 1 atom stereocenters. The molecule has 1 fully saturated rings. The number of aromatic amines is 1. The number of nitrogens with one attached hydrogen (secondary N) is 3. The van der Waals surface area contributed by atoms with Crippen LogP contribution in [-0.2, 0) is 4.79 Å². The van der Waals surface area contributed by atoms with Gasteiger partial charge >= 0.3 is 0 Å². The normalized spacial score (nSPS) is 16.0. The van der Waals surface area contributed by atoms with E-state index in [0.29, 0.717) is 41.5 Å². The van der Waals surface area contributed by atoms with Crippen molar-refractivity contribution in [1.29, 1.82) is 0 Å². The number of carbonyl (C=O) groups excluding carboxylic acids is 2. The Morgan fingerprint density at radius 2 is 2.23 bits per heavy atom. The third kappa shape index (κ3) is 3.66. The molecule has 5 heterocycles. The Labute approximate surface area is 179 Å². The van der Waals surface area contributed by atoms with Crippen LogP contribution in [0.25, 0.3) is 5.65 Å². The number of primary amides is 1. The molecule has 0 bridgehead atoms.